The van der Waals surface area contributed by atoms with Gasteiger partial charge in [-0.3, -0.25) is 4.79 Å². The minimum absolute atomic E-state index is 0.540. The second-order valence-corrected chi connectivity index (χ2v) is 11.5. The average molecular weight is 483 g/mol. The van der Waals surface area contributed by atoms with E-state index >= 15 is 0 Å². The molecule has 0 saturated carbocycles. The maximum atomic E-state index is 11.3. The number of rotatable bonds is 9. The molecule has 0 amide bonds. The van der Waals surface area contributed by atoms with Crippen LogP contribution in [-0.2, 0) is 11.2 Å². The number of benzene rings is 2. The molecule has 1 saturated heterocycles. The number of anilines is 1. The van der Waals surface area contributed by atoms with Crippen molar-refractivity contribution < 1.29 is 14.6 Å². The SMILES string of the molecule is CC(C)(Sc1nc(CCOc2ccc(N3CCC(c4ccccc4)CC3)cc2)cs1)C(=O)O. The molecule has 0 radical (unpaired) electrons. The van der Waals surface area contributed by atoms with Crippen LogP contribution < -0.4 is 9.64 Å². The minimum Gasteiger partial charge on any atom is -0.493 e. The number of carboxylic acids is 1. The molecule has 5 nitrogen and oxygen atoms in total. The third kappa shape index (κ3) is 6.30. The molecule has 7 heteroatoms. The largest absolute Gasteiger partial charge is 0.493 e. The van der Waals surface area contributed by atoms with Gasteiger partial charge in [0.2, 0.25) is 0 Å². The van der Waals surface area contributed by atoms with E-state index in [4.69, 9.17) is 4.74 Å². The van der Waals surface area contributed by atoms with Gasteiger partial charge in [-0.1, -0.05) is 42.1 Å². The van der Waals surface area contributed by atoms with Crippen LogP contribution in [0, 0.1) is 0 Å². The Labute approximate surface area is 203 Å². The van der Waals surface area contributed by atoms with Crippen LogP contribution in [0.15, 0.2) is 64.3 Å². The molecule has 2 heterocycles. The molecule has 4 rings (SSSR count). The summed E-state index contributed by atoms with van der Waals surface area (Å²) in [4.78, 5) is 18.3. The van der Waals surface area contributed by atoms with Crippen LogP contribution in [0.4, 0.5) is 5.69 Å². The van der Waals surface area contributed by atoms with Gasteiger partial charge in [-0.2, -0.15) is 0 Å². The first-order chi connectivity index (χ1) is 15.9. The maximum absolute atomic E-state index is 11.3. The van der Waals surface area contributed by atoms with Gasteiger partial charge >= 0.3 is 5.97 Å². The number of hydrogen-bond acceptors (Lipinski definition) is 6. The molecule has 1 aliphatic heterocycles. The van der Waals surface area contributed by atoms with Gasteiger partial charge in [-0.25, -0.2) is 4.98 Å². The second kappa shape index (κ2) is 10.6. The van der Waals surface area contributed by atoms with Gasteiger partial charge in [0.15, 0.2) is 4.34 Å². The number of thioether (sulfide) groups is 1. The van der Waals surface area contributed by atoms with E-state index in [1.54, 1.807) is 13.8 Å². The van der Waals surface area contributed by atoms with Crippen molar-refractivity contribution in [1.82, 2.24) is 4.98 Å². The molecule has 1 fully saturated rings. The van der Waals surface area contributed by atoms with E-state index in [2.05, 4.69) is 52.3 Å². The molecule has 2 aromatic carbocycles. The normalized spacial score (nSPS) is 14.9. The Bertz CT molecular complexity index is 1040. The van der Waals surface area contributed by atoms with E-state index in [0.29, 0.717) is 18.9 Å². The van der Waals surface area contributed by atoms with Crippen molar-refractivity contribution in [3.63, 3.8) is 0 Å². The second-order valence-electron chi connectivity index (χ2n) is 8.79. The average Bonchev–Trinajstić information content (AvgIpc) is 3.26. The van der Waals surface area contributed by atoms with Crippen LogP contribution in [0.3, 0.4) is 0 Å². The summed E-state index contributed by atoms with van der Waals surface area (Å²) < 4.78 is 5.81. The first-order valence-electron chi connectivity index (χ1n) is 11.3. The number of aliphatic carboxylic acids is 1. The highest BCUT2D eigenvalue weighted by Crippen LogP contribution is 2.35. The summed E-state index contributed by atoms with van der Waals surface area (Å²) in [6.45, 7) is 6.07. The van der Waals surface area contributed by atoms with Gasteiger partial charge in [-0.05, 0) is 62.4 Å². The van der Waals surface area contributed by atoms with Crippen molar-refractivity contribution in [2.24, 2.45) is 0 Å². The Balaban J connectivity index is 1.22. The first-order valence-corrected chi connectivity index (χ1v) is 13.0. The first kappa shape index (κ1) is 23.6. The Morgan fingerprint density at radius 2 is 1.85 bits per heavy atom. The topological polar surface area (TPSA) is 62.7 Å². The molecule has 0 atom stereocenters. The highest BCUT2D eigenvalue weighted by Gasteiger charge is 2.29. The summed E-state index contributed by atoms with van der Waals surface area (Å²) in [5.41, 5.74) is 3.63. The molecule has 0 unspecified atom stereocenters. The Morgan fingerprint density at radius 3 is 2.52 bits per heavy atom. The molecular formula is C26H30N2O3S2. The Hall–Kier alpha value is -2.51. The number of thiazole rings is 1. The lowest BCUT2D eigenvalue weighted by atomic mass is 9.89. The fourth-order valence-corrected chi connectivity index (χ4v) is 6.16. The van der Waals surface area contributed by atoms with E-state index in [1.165, 1.54) is 47.2 Å². The van der Waals surface area contributed by atoms with Gasteiger partial charge in [0.05, 0.1) is 12.3 Å². The lowest BCUT2D eigenvalue weighted by molar-refractivity contribution is -0.138. The molecule has 0 aliphatic carbocycles. The molecule has 174 valence electrons. The fraction of sp³-hybridized carbons (Fsp3) is 0.385. The van der Waals surface area contributed by atoms with Crippen LogP contribution in [0.2, 0.25) is 0 Å². The van der Waals surface area contributed by atoms with Crippen molar-refractivity contribution in [1.29, 1.82) is 0 Å². The van der Waals surface area contributed by atoms with Crippen molar-refractivity contribution in [3.05, 3.63) is 71.2 Å². The molecule has 1 aromatic heterocycles. The lowest BCUT2D eigenvalue weighted by Crippen LogP contribution is -2.32. The summed E-state index contributed by atoms with van der Waals surface area (Å²) in [6, 6.07) is 19.2. The molecule has 0 spiro atoms. The number of piperidine rings is 1. The van der Waals surface area contributed by atoms with Crippen molar-refractivity contribution >= 4 is 34.8 Å². The summed E-state index contributed by atoms with van der Waals surface area (Å²) in [7, 11) is 0. The standard InChI is InChI=1S/C26H30N2O3S2/c1-26(2,24(29)30)33-25-27-21(18-32-25)14-17-31-23-10-8-22(9-11-23)28-15-12-20(13-16-28)19-6-4-3-5-7-19/h3-11,18,20H,12-17H2,1-2H3,(H,29,30). The van der Waals surface area contributed by atoms with Gasteiger partial charge in [-0.15, -0.1) is 11.3 Å². The van der Waals surface area contributed by atoms with Gasteiger partial charge in [0.1, 0.15) is 10.5 Å². The van der Waals surface area contributed by atoms with Crippen molar-refractivity contribution in [2.75, 3.05) is 24.6 Å². The van der Waals surface area contributed by atoms with E-state index in [-0.39, 0.29) is 0 Å². The smallest absolute Gasteiger partial charge is 0.319 e. The van der Waals surface area contributed by atoms with Crippen LogP contribution in [0.1, 0.15) is 43.9 Å². The highest BCUT2D eigenvalue weighted by atomic mass is 32.2. The zero-order chi connectivity index (χ0) is 23.3. The number of nitrogens with zero attached hydrogens (tertiary/aromatic N) is 2. The van der Waals surface area contributed by atoms with Crippen LogP contribution in [0.5, 0.6) is 5.75 Å². The number of hydrogen-bond donors (Lipinski definition) is 1. The maximum Gasteiger partial charge on any atom is 0.319 e. The number of aromatic nitrogens is 1. The summed E-state index contributed by atoms with van der Waals surface area (Å²) in [6.07, 6.45) is 3.05. The predicted molar refractivity (Wildman–Crippen MR) is 136 cm³/mol. The van der Waals surface area contributed by atoms with Crippen LogP contribution in [0.25, 0.3) is 0 Å². The minimum atomic E-state index is -0.885. The van der Waals surface area contributed by atoms with Crippen molar-refractivity contribution in [3.8, 4) is 5.75 Å². The van der Waals surface area contributed by atoms with Gasteiger partial charge in [0.25, 0.3) is 0 Å². The third-order valence-corrected chi connectivity index (χ3v) is 8.16. The Kier molecular flexibility index (Phi) is 7.60. The number of carboxylic acid groups (broad SMARTS) is 1. The van der Waals surface area contributed by atoms with Crippen LogP contribution >= 0.6 is 23.1 Å². The predicted octanol–water partition coefficient (Wildman–Crippen LogP) is 6.10. The zero-order valence-corrected chi connectivity index (χ0v) is 20.7. The van der Waals surface area contributed by atoms with E-state index in [1.807, 2.05) is 17.5 Å². The van der Waals surface area contributed by atoms with Gasteiger partial charge < -0.3 is 14.7 Å². The summed E-state index contributed by atoms with van der Waals surface area (Å²) >= 11 is 2.76. The monoisotopic (exact) mass is 482 g/mol. The molecule has 3 aromatic rings. The molecular weight excluding hydrogens is 452 g/mol. The lowest BCUT2D eigenvalue weighted by Gasteiger charge is -2.34. The third-order valence-electron chi connectivity index (χ3n) is 5.98. The Morgan fingerprint density at radius 1 is 1.15 bits per heavy atom. The summed E-state index contributed by atoms with van der Waals surface area (Å²) in [5, 5.41) is 11.2. The van der Waals surface area contributed by atoms with E-state index in [9.17, 15) is 9.90 Å². The molecule has 0 bridgehead atoms. The highest BCUT2D eigenvalue weighted by molar-refractivity contribution is 8.02. The molecule has 33 heavy (non-hydrogen) atoms. The molecule has 1 N–H and O–H groups in total. The molecule has 1 aliphatic rings. The number of carbonyl (C=O) groups is 1. The quantitative estimate of drug-likeness (QED) is 0.372. The van der Waals surface area contributed by atoms with Crippen molar-refractivity contribution in [2.45, 2.75) is 48.1 Å². The number of ether oxygens (including phenoxy) is 1. The van der Waals surface area contributed by atoms with E-state index < -0.39 is 10.7 Å². The van der Waals surface area contributed by atoms with E-state index in [0.717, 1.165) is 28.9 Å². The van der Waals surface area contributed by atoms with Gasteiger partial charge in [0, 0.05) is 30.6 Å². The zero-order valence-electron chi connectivity index (χ0n) is 19.1. The summed E-state index contributed by atoms with van der Waals surface area (Å²) in [5.74, 6) is 0.677. The fourth-order valence-electron chi connectivity index (χ4n) is 3.93. The van der Waals surface area contributed by atoms with Crippen LogP contribution in [-0.4, -0.2) is 40.5 Å².